The van der Waals surface area contributed by atoms with Crippen molar-refractivity contribution in [1.82, 2.24) is 0 Å². The molecular weight excluding hydrogens is 151 g/mol. The van der Waals surface area contributed by atoms with Gasteiger partial charge in [0.1, 0.15) is 0 Å². The van der Waals surface area contributed by atoms with Gasteiger partial charge in [0.2, 0.25) is 0 Å². The topological polar surface area (TPSA) is 46.5 Å². The average Bonchev–Trinajstić information content (AvgIpc) is 1.38. The molecule has 1 atom stereocenters. The third-order valence-electron chi connectivity index (χ3n) is 0.0698. The van der Waals surface area contributed by atoms with E-state index in [4.69, 9.17) is 4.89 Å². The molecule has 0 aromatic heterocycles. The zero-order valence-corrected chi connectivity index (χ0v) is 6.86. The number of hydrogen-bond acceptors (Lipinski definition) is 3. The zero-order valence-electron chi connectivity index (χ0n) is 4.87. The second kappa shape index (κ2) is 6.63. The van der Waals surface area contributed by atoms with Crippen molar-refractivity contribution in [3.8, 4) is 0 Å². The zero-order chi connectivity index (χ0) is 4.28. The fourth-order valence-corrected chi connectivity index (χ4v) is 0. The van der Waals surface area contributed by atoms with Gasteiger partial charge in [-0.05, 0) is 3.97 Å². The van der Waals surface area contributed by atoms with Crippen molar-refractivity contribution in [3.05, 3.63) is 0 Å². The molecule has 0 aliphatic carbocycles. The van der Waals surface area contributed by atoms with Crippen LogP contribution in [0, 0.1) is 0 Å². The molecule has 34 valence electrons. The van der Waals surface area contributed by atoms with Crippen molar-refractivity contribution in [2.75, 3.05) is 0 Å². The summed E-state index contributed by atoms with van der Waals surface area (Å²) >= 11 is 2.98. The van der Waals surface area contributed by atoms with Crippen LogP contribution in [0.25, 0.3) is 0 Å². The van der Waals surface area contributed by atoms with Crippen molar-refractivity contribution in [2.45, 2.75) is 0 Å². The summed E-state index contributed by atoms with van der Waals surface area (Å²) in [5.41, 5.74) is 0. The second-order valence-corrected chi connectivity index (χ2v) is 1.45. The van der Waals surface area contributed by atoms with E-state index in [-0.39, 0.29) is 40.6 Å². The molecule has 0 aliphatic heterocycles. The third-order valence-corrected chi connectivity index (χ3v) is 0.629. The van der Waals surface area contributed by atoms with E-state index >= 15 is 0 Å². The molecule has 0 aliphatic rings. The van der Waals surface area contributed by atoms with E-state index in [9.17, 15) is 4.57 Å². The maximum atomic E-state index is 9.22. The van der Waals surface area contributed by atoms with Gasteiger partial charge in [0, 0.05) is 17.5 Å². The van der Waals surface area contributed by atoms with Crippen LogP contribution < -0.4 is 0 Å². The second-order valence-electron chi connectivity index (χ2n) is 0.319. The van der Waals surface area contributed by atoms with Crippen molar-refractivity contribution in [2.24, 2.45) is 0 Å². The summed E-state index contributed by atoms with van der Waals surface area (Å²) in [6, 6.07) is 0. The molecule has 0 saturated carbocycles. The van der Waals surface area contributed by atoms with Crippen molar-refractivity contribution >= 4 is 58.9 Å². The SMILES string of the molecule is O=[P+](O)OS.[Ca+2].[H-].[H-]. The minimum atomic E-state index is -2.48. The Labute approximate surface area is 74.6 Å². The Morgan fingerprint density at radius 1 is 2.00 bits per heavy atom. The standard InChI is InChI=1S/Ca.HO3PS.2H/c;1-4(2)3-5;;/h;(H-,1,2,5);;/q+2;;2*-1/p+1. The predicted molar refractivity (Wildman–Crippen MR) is 27.9 cm³/mol. The first-order chi connectivity index (χ1) is 2.27. The average molecular weight is 155 g/mol. The first-order valence-corrected chi connectivity index (χ1v) is 2.24. The van der Waals surface area contributed by atoms with Gasteiger partial charge in [-0.25, -0.2) is 0 Å². The normalized spacial score (nSPS) is 9.33. The first-order valence-electron chi connectivity index (χ1n) is 0.748. The van der Waals surface area contributed by atoms with Gasteiger partial charge in [-0.3, -0.25) is 0 Å². The summed E-state index contributed by atoms with van der Waals surface area (Å²) in [6.45, 7) is 0. The summed E-state index contributed by atoms with van der Waals surface area (Å²) in [5, 5.41) is 0. The van der Waals surface area contributed by atoms with Gasteiger partial charge in [-0.2, -0.15) is 0 Å². The Bertz CT molecular complexity index is 52.5. The summed E-state index contributed by atoms with van der Waals surface area (Å²) < 4.78 is 12.7. The van der Waals surface area contributed by atoms with Gasteiger partial charge in [-0.15, -0.1) is 4.89 Å². The molecule has 6 heteroatoms. The van der Waals surface area contributed by atoms with Crippen LogP contribution in [0.3, 0.4) is 0 Å². The van der Waals surface area contributed by atoms with Crippen LogP contribution >= 0.6 is 21.2 Å². The molecule has 0 fully saturated rings. The fraction of sp³-hybridized carbons (Fsp3) is 0. The molecule has 0 heterocycles. The van der Waals surface area contributed by atoms with E-state index in [0.29, 0.717) is 0 Å². The molecule has 1 N–H and O–H groups in total. The summed E-state index contributed by atoms with van der Waals surface area (Å²) in [4.78, 5) is 7.57. The van der Waals surface area contributed by atoms with Gasteiger partial charge in [0.25, 0.3) is 0 Å². The Balaban J connectivity index is -0.0000000267. The van der Waals surface area contributed by atoms with E-state index in [1.807, 2.05) is 0 Å². The van der Waals surface area contributed by atoms with E-state index in [0.717, 1.165) is 0 Å². The van der Waals surface area contributed by atoms with Gasteiger partial charge in [0.15, 0.2) is 0 Å². The monoisotopic (exact) mass is 155 g/mol. The van der Waals surface area contributed by atoms with Crippen LogP contribution in [0.5, 0.6) is 0 Å². The van der Waals surface area contributed by atoms with Crippen LogP contribution in [0.15, 0.2) is 0 Å². The van der Waals surface area contributed by atoms with Crippen LogP contribution in [-0.4, -0.2) is 42.6 Å². The molecule has 0 bridgehead atoms. The van der Waals surface area contributed by atoms with Crippen LogP contribution in [0.2, 0.25) is 0 Å². The van der Waals surface area contributed by atoms with Gasteiger partial charge < -0.3 is 2.85 Å². The quantitative estimate of drug-likeness (QED) is 0.248. The molecule has 0 amide bonds. The number of thiol groups is 1. The molecule has 1 unspecified atom stereocenters. The Morgan fingerprint density at radius 2 is 2.17 bits per heavy atom. The van der Waals surface area contributed by atoms with Gasteiger partial charge in [-0.1, -0.05) is 0 Å². The Morgan fingerprint density at radius 3 is 2.17 bits per heavy atom. The molecule has 0 aromatic rings. The molecule has 0 radical (unpaired) electrons. The first kappa shape index (κ1) is 10.6. The molecule has 0 spiro atoms. The Hall–Kier alpha value is 1.63. The van der Waals surface area contributed by atoms with E-state index < -0.39 is 8.25 Å². The summed E-state index contributed by atoms with van der Waals surface area (Å²) in [6.07, 6.45) is 0. The van der Waals surface area contributed by atoms with Crippen molar-refractivity contribution in [3.63, 3.8) is 0 Å². The molecular formula is H4CaO3PS+. The van der Waals surface area contributed by atoms with Crippen LogP contribution in [0.4, 0.5) is 0 Å². The minimum absolute atomic E-state index is 0. The Kier molecular flexibility index (Phi) is 11.7. The maximum absolute atomic E-state index is 9.22. The molecule has 3 nitrogen and oxygen atoms in total. The van der Waals surface area contributed by atoms with Crippen molar-refractivity contribution < 1.29 is 16.3 Å². The third kappa shape index (κ3) is 9.16. The van der Waals surface area contributed by atoms with E-state index in [2.05, 4.69) is 16.9 Å². The maximum Gasteiger partial charge on any atom is 2.00 e. The molecule has 0 saturated heterocycles. The van der Waals surface area contributed by atoms with E-state index in [1.54, 1.807) is 0 Å². The van der Waals surface area contributed by atoms with Crippen LogP contribution in [-0.2, 0) is 8.54 Å². The summed E-state index contributed by atoms with van der Waals surface area (Å²) in [7, 11) is -2.48. The number of rotatable bonds is 1. The number of hydrogen-bond donors (Lipinski definition) is 2. The predicted octanol–water partition coefficient (Wildman–Crippen LogP) is 0.342. The molecule has 6 heavy (non-hydrogen) atoms. The molecule has 0 aromatic carbocycles. The van der Waals surface area contributed by atoms with Crippen LogP contribution in [0.1, 0.15) is 2.85 Å². The summed E-state index contributed by atoms with van der Waals surface area (Å²) in [5.74, 6) is 0. The van der Waals surface area contributed by atoms with Gasteiger partial charge >= 0.3 is 46.0 Å². The molecule has 0 rings (SSSR count). The smallest absolute Gasteiger partial charge is 1.00 e. The minimum Gasteiger partial charge on any atom is -1.00 e. The fourth-order valence-electron chi connectivity index (χ4n) is 0. The largest absolute Gasteiger partial charge is 2.00 e. The van der Waals surface area contributed by atoms with Crippen molar-refractivity contribution in [1.29, 1.82) is 0 Å². The van der Waals surface area contributed by atoms with Gasteiger partial charge in [0.05, 0.1) is 0 Å². The van der Waals surface area contributed by atoms with E-state index in [1.165, 1.54) is 0 Å².